The third kappa shape index (κ3) is 2.57. The second-order valence-corrected chi connectivity index (χ2v) is 9.75. The van der Waals surface area contributed by atoms with Gasteiger partial charge in [0.05, 0.1) is 11.1 Å². The predicted octanol–water partition coefficient (Wildman–Crippen LogP) is 7.71. The molecule has 0 aliphatic rings. The molecule has 3 aromatic carbocycles. The van der Waals surface area contributed by atoms with Gasteiger partial charge in [0.15, 0.2) is 0 Å². The zero-order valence-corrected chi connectivity index (χ0v) is 17.9. The van der Waals surface area contributed by atoms with Crippen molar-refractivity contribution >= 4 is 54.3 Å². The van der Waals surface area contributed by atoms with Crippen LogP contribution in [0, 0.1) is 0 Å². The summed E-state index contributed by atoms with van der Waals surface area (Å²) in [5.41, 5.74) is 4.85. The lowest BCUT2D eigenvalue weighted by atomic mass is 9.82. The van der Waals surface area contributed by atoms with Gasteiger partial charge in [-0.1, -0.05) is 45.0 Å². The molecule has 6 aromatic rings. The number of fused-ring (bicyclic) bond motifs is 5. The van der Waals surface area contributed by atoms with Crippen LogP contribution < -0.4 is 0 Å². The molecule has 0 radical (unpaired) electrons. The van der Waals surface area contributed by atoms with Gasteiger partial charge >= 0.3 is 0 Å². The monoisotopic (exact) mass is 408 g/mol. The fourth-order valence-electron chi connectivity index (χ4n) is 4.35. The highest BCUT2D eigenvalue weighted by Crippen LogP contribution is 2.40. The van der Waals surface area contributed by atoms with Gasteiger partial charge in [-0.15, -0.1) is 11.3 Å². The van der Waals surface area contributed by atoms with Crippen LogP contribution in [-0.2, 0) is 5.41 Å². The van der Waals surface area contributed by atoms with Crippen LogP contribution >= 0.6 is 11.3 Å². The summed E-state index contributed by atoms with van der Waals surface area (Å²) in [4.78, 5) is 9.17. The number of hydrogen-bond donors (Lipinski definition) is 0. The van der Waals surface area contributed by atoms with E-state index < -0.39 is 0 Å². The predicted molar refractivity (Wildman–Crippen MR) is 126 cm³/mol. The van der Waals surface area contributed by atoms with E-state index >= 15 is 0 Å². The van der Waals surface area contributed by atoms with E-state index in [0.29, 0.717) is 5.71 Å². The van der Waals surface area contributed by atoms with Crippen LogP contribution in [0.2, 0.25) is 0 Å². The molecule has 0 amide bonds. The van der Waals surface area contributed by atoms with E-state index in [1.165, 1.54) is 26.4 Å². The maximum atomic E-state index is 6.13. The van der Waals surface area contributed by atoms with Crippen LogP contribution in [0.15, 0.2) is 70.7 Å². The summed E-state index contributed by atoms with van der Waals surface area (Å²) in [7, 11) is 0. The zero-order valence-electron chi connectivity index (χ0n) is 17.1. The van der Waals surface area contributed by atoms with Gasteiger partial charge in [-0.3, -0.25) is 0 Å². The quantitative estimate of drug-likeness (QED) is 0.280. The summed E-state index contributed by atoms with van der Waals surface area (Å²) in [6.45, 7) is 6.78. The molecular weight excluding hydrogens is 388 g/mol. The van der Waals surface area contributed by atoms with Crippen molar-refractivity contribution in [3.63, 3.8) is 0 Å². The second kappa shape index (κ2) is 6.13. The van der Waals surface area contributed by atoms with Crippen molar-refractivity contribution in [2.75, 3.05) is 0 Å². The van der Waals surface area contributed by atoms with Gasteiger partial charge in [-0.25, -0.2) is 9.97 Å². The first-order chi connectivity index (χ1) is 14.5. The Labute approximate surface area is 178 Å². The van der Waals surface area contributed by atoms with Gasteiger partial charge in [0, 0.05) is 15.6 Å². The van der Waals surface area contributed by atoms with E-state index in [4.69, 9.17) is 9.40 Å². The Kier molecular flexibility index (Phi) is 3.60. The molecule has 0 N–H and O–H groups in total. The first-order valence-corrected chi connectivity index (χ1v) is 11.0. The molecule has 4 heteroatoms. The molecule has 6 rings (SSSR count). The van der Waals surface area contributed by atoms with Crippen LogP contribution in [0.5, 0.6) is 0 Å². The molecule has 0 saturated carbocycles. The Bertz CT molecular complexity index is 1580. The molecule has 3 aromatic heterocycles. The molecule has 0 fully saturated rings. The second-order valence-electron chi connectivity index (χ2n) is 8.81. The van der Waals surface area contributed by atoms with Crippen LogP contribution in [0.1, 0.15) is 26.3 Å². The lowest BCUT2D eigenvalue weighted by Crippen LogP contribution is -2.12. The van der Waals surface area contributed by atoms with Crippen LogP contribution in [0.3, 0.4) is 0 Å². The van der Waals surface area contributed by atoms with E-state index in [9.17, 15) is 0 Å². The molecule has 0 bridgehead atoms. The molecule has 3 heterocycles. The van der Waals surface area contributed by atoms with Crippen molar-refractivity contribution < 1.29 is 4.42 Å². The number of nitrogens with zero attached hydrogens (tertiary/aromatic N) is 2. The summed E-state index contributed by atoms with van der Waals surface area (Å²) in [6, 6.07) is 19.5. The van der Waals surface area contributed by atoms with Crippen LogP contribution in [0.25, 0.3) is 54.2 Å². The molecule has 3 nitrogen and oxygen atoms in total. The molecule has 30 heavy (non-hydrogen) atoms. The lowest BCUT2D eigenvalue weighted by Gasteiger charge is -2.22. The topological polar surface area (TPSA) is 38.9 Å². The molecule has 0 unspecified atom stereocenters. The summed E-state index contributed by atoms with van der Waals surface area (Å²) in [5.74, 6) is 0. The third-order valence-electron chi connectivity index (χ3n) is 5.79. The Morgan fingerprint density at radius 3 is 2.60 bits per heavy atom. The number of thiophene rings is 1. The fourth-order valence-corrected chi connectivity index (χ4v) is 5.16. The Morgan fingerprint density at radius 2 is 1.73 bits per heavy atom. The standard InChI is InChI=1S/C26H20N2OS/c1-26(2,3)20-11-17(10-15-6-4-5-7-18(15)20)24-23-19-13-22-16(8-9-30-22)12-21(19)29-25(23)28-14-27-24/h4-14H,1-3H3. The minimum atomic E-state index is 0.0172. The molecule has 0 saturated heterocycles. The number of furan rings is 1. The maximum Gasteiger partial charge on any atom is 0.230 e. The van der Waals surface area contributed by atoms with Gasteiger partial charge in [0.25, 0.3) is 0 Å². The van der Waals surface area contributed by atoms with Gasteiger partial charge in [0.2, 0.25) is 5.71 Å². The number of aromatic nitrogens is 2. The van der Waals surface area contributed by atoms with E-state index in [1.807, 2.05) is 0 Å². The Balaban J connectivity index is 1.72. The van der Waals surface area contributed by atoms with Crippen molar-refractivity contribution in [3.05, 3.63) is 71.9 Å². The number of hydrogen-bond acceptors (Lipinski definition) is 4. The highest BCUT2D eigenvalue weighted by Gasteiger charge is 2.21. The molecule has 0 aliphatic carbocycles. The Hall–Kier alpha value is -3.24. The molecule has 0 spiro atoms. The first kappa shape index (κ1) is 17.6. The van der Waals surface area contributed by atoms with Gasteiger partial charge < -0.3 is 4.42 Å². The highest BCUT2D eigenvalue weighted by atomic mass is 32.1. The minimum absolute atomic E-state index is 0.0172. The summed E-state index contributed by atoms with van der Waals surface area (Å²) >= 11 is 1.74. The number of benzene rings is 3. The van der Waals surface area contributed by atoms with Gasteiger partial charge in [0.1, 0.15) is 11.9 Å². The first-order valence-electron chi connectivity index (χ1n) is 10.1. The average Bonchev–Trinajstić information content (AvgIpc) is 3.33. The molecular formula is C26H20N2OS. The van der Waals surface area contributed by atoms with Crippen LogP contribution in [0.4, 0.5) is 0 Å². The van der Waals surface area contributed by atoms with Crippen molar-refractivity contribution in [1.82, 2.24) is 9.97 Å². The van der Waals surface area contributed by atoms with Crippen molar-refractivity contribution in [2.24, 2.45) is 0 Å². The number of rotatable bonds is 1. The van der Waals surface area contributed by atoms with Gasteiger partial charge in [-0.2, -0.15) is 0 Å². The summed E-state index contributed by atoms with van der Waals surface area (Å²) in [5, 5.41) is 7.87. The molecule has 0 atom stereocenters. The van der Waals surface area contributed by atoms with Gasteiger partial charge in [-0.05, 0) is 62.8 Å². The lowest BCUT2D eigenvalue weighted by molar-refractivity contribution is 0.596. The fraction of sp³-hybridized carbons (Fsp3) is 0.154. The third-order valence-corrected chi connectivity index (χ3v) is 6.67. The van der Waals surface area contributed by atoms with E-state index in [0.717, 1.165) is 27.6 Å². The minimum Gasteiger partial charge on any atom is -0.438 e. The summed E-state index contributed by atoms with van der Waals surface area (Å²) < 4.78 is 7.37. The Morgan fingerprint density at radius 1 is 0.867 bits per heavy atom. The largest absolute Gasteiger partial charge is 0.438 e. The summed E-state index contributed by atoms with van der Waals surface area (Å²) in [6.07, 6.45) is 1.61. The normalized spacial score (nSPS) is 12.5. The SMILES string of the molecule is CC(C)(C)c1cc(-c2ncnc3oc4cc5ccsc5cc4c23)cc2ccccc12. The van der Waals surface area contributed by atoms with E-state index in [1.54, 1.807) is 17.7 Å². The molecule has 0 aliphatic heterocycles. The van der Waals surface area contributed by atoms with E-state index in [2.05, 4.69) is 85.7 Å². The van der Waals surface area contributed by atoms with Crippen molar-refractivity contribution in [3.8, 4) is 11.3 Å². The average molecular weight is 409 g/mol. The highest BCUT2D eigenvalue weighted by molar-refractivity contribution is 7.17. The van der Waals surface area contributed by atoms with E-state index in [-0.39, 0.29) is 5.41 Å². The van der Waals surface area contributed by atoms with Crippen molar-refractivity contribution in [1.29, 1.82) is 0 Å². The smallest absolute Gasteiger partial charge is 0.230 e. The van der Waals surface area contributed by atoms with Crippen molar-refractivity contribution in [2.45, 2.75) is 26.2 Å². The van der Waals surface area contributed by atoms with Crippen LogP contribution in [-0.4, -0.2) is 9.97 Å². The zero-order chi connectivity index (χ0) is 20.5. The molecule has 146 valence electrons. The maximum absolute atomic E-state index is 6.13.